The van der Waals surface area contributed by atoms with Gasteiger partial charge in [-0.1, -0.05) is 0 Å². The number of thiol groups is 1. The number of thiazole rings is 1. The van der Waals surface area contributed by atoms with Crippen molar-refractivity contribution >= 4 is 43.1 Å². The second-order valence-corrected chi connectivity index (χ2v) is 7.04. The number of hydrogen-bond donors (Lipinski definition) is 2. The van der Waals surface area contributed by atoms with Gasteiger partial charge in [-0.2, -0.15) is 12.6 Å². The zero-order valence-electron chi connectivity index (χ0n) is 12.4. The molecule has 0 radical (unpaired) electrons. The van der Waals surface area contributed by atoms with Crippen LogP contribution in [0.2, 0.25) is 0 Å². The van der Waals surface area contributed by atoms with Gasteiger partial charge in [0.1, 0.15) is 0 Å². The van der Waals surface area contributed by atoms with Gasteiger partial charge < -0.3 is 14.4 Å². The Hall–Kier alpha value is -0.825. The van der Waals surface area contributed by atoms with Gasteiger partial charge in [0, 0.05) is 5.75 Å². The fourth-order valence-electron chi connectivity index (χ4n) is 1.87. The first kappa shape index (κ1) is 16.5. The van der Waals surface area contributed by atoms with Crippen molar-refractivity contribution in [2.24, 2.45) is 0 Å². The predicted octanol–water partition coefficient (Wildman–Crippen LogP) is 2.79. The summed E-state index contributed by atoms with van der Waals surface area (Å²) in [6.07, 6.45) is 1.75. The largest absolute Gasteiger partial charge is 0.491 e. The van der Waals surface area contributed by atoms with Crippen molar-refractivity contribution < 1.29 is 19.2 Å². The molecule has 0 saturated carbocycles. The molecule has 1 aromatic rings. The monoisotopic (exact) mass is 327 g/mol. The van der Waals surface area contributed by atoms with Crippen molar-refractivity contribution in [1.29, 1.82) is 0 Å². The molecule has 1 aliphatic heterocycles. The summed E-state index contributed by atoms with van der Waals surface area (Å²) < 4.78 is 11.9. The summed E-state index contributed by atoms with van der Waals surface area (Å²) in [6, 6.07) is 0. The lowest BCUT2D eigenvalue weighted by atomic mass is 9.79. The molecule has 5 nitrogen and oxygen atoms in total. The molecule has 1 aromatic heterocycles. The van der Waals surface area contributed by atoms with Crippen LogP contribution in [0.1, 0.15) is 43.1 Å². The van der Waals surface area contributed by atoms with E-state index in [0.29, 0.717) is 10.6 Å². The first-order chi connectivity index (χ1) is 9.68. The van der Waals surface area contributed by atoms with E-state index in [0.717, 1.165) is 5.47 Å². The fourth-order valence-corrected chi connectivity index (χ4v) is 2.85. The Morgan fingerprint density at radius 3 is 2.48 bits per heavy atom. The van der Waals surface area contributed by atoms with E-state index in [4.69, 9.17) is 14.4 Å². The van der Waals surface area contributed by atoms with E-state index < -0.39 is 24.3 Å². The molecule has 0 atom stereocenters. The molecule has 21 heavy (non-hydrogen) atoms. The standard InChI is InChI=1S/C13H18BNO4S2/c1-12(2)13(3,4)19-14(18-12)8(6-20)5-9-10(11(16)17)15-7-21-9/h5,7,20H,6H2,1-4H3,(H,16,17). The Balaban J connectivity index is 2.31. The molecular formula is C13H18BNO4S2. The van der Waals surface area contributed by atoms with Crippen LogP contribution in [0.5, 0.6) is 0 Å². The second-order valence-electron chi connectivity index (χ2n) is 5.84. The minimum absolute atomic E-state index is 0.0378. The van der Waals surface area contributed by atoms with Crippen molar-refractivity contribution in [1.82, 2.24) is 4.98 Å². The number of rotatable bonds is 4. The highest BCUT2D eigenvalue weighted by Gasteiger charge is 2.52. The molecule has 0 amide bonds. The summed E-state index contributed by atoms with van der Waals surface area (Å²) >= 11 is 5.58. The molecule has 0 spiro atoms. The number of hydrogen-bond acceptors (Lipinski definition) is 6. The lowest BCUT2D eigenvalue weighted by molar-refractivity contribution is 0.00578. The van der Waals surface area contributed by atoms with Crippen molar-refractivity contribution in [3.63, 3.8) is 0 Å². The maximum atomic E-state index is 11.1. The molecule has 114 valence electrons. The van der Waals surface area contributed by atoms with Crippen LogP contribution in [0, 0.1) is 0 Å². The summed E-state index contributed by atoms with van der Waals surface area (Å²) in [5.74, 6) is -0.636. The van der Waals surface area contributed by atoms with Gasteiger partial charge in [-0.15, -0.1) is 11.3 Å². The summed E-state index contributed by atoms with van der Waals surface area (Å²) in [7, 11) is -0.531. The zero-order chi connectivity index (χ0) is 15.8. The first-order valence-corrected chi connectivity index (χ1v) is 8.03. The van der Waals surface area contributed by atoms with Gasteiger partial charge >= 0.3 is 13.1 Å². The first-order valence-electron chi connectivity index (χ1n) is 6.51. The van der Waals surface area contributed by atoms with Crippen LogP contribution in [0.4, 0.5) is 0 Å². The maximum absolute atomic E-state index is 11.1. The highest BCUT2D eigenvalue weighted by atomic mass is 32.1. The molecule has 1 aliphatic rings. The van der Waals surface area contributed by atoms with Crippen LogP contribution in [-0.2, 0) is 9.31 Å². The van der Waals surface area contributed by atoms with Gasteiger partial charge in [0.2, 0.25) is 0 Å². The molecule has 2 rings (SSSR count). The Morgan fingerprint density at radius 2 is 2.00 bits per heavy atom. The quantitative estimate of drug-likeness (QED) is 0.657. The minimum Gasteiger partial charge on any atom is -0.476 e. The van der Waals surface area contributed by atoms with Crippen molar-refractivity contribution in [2.45, 2.75) is 38.9 Å². The molecule has 0 unspecified atom stereocenters. The lowest BCUT2D eigenvalue weighted by Gasteiger charge is -2.32. The third-order valence-corrected chi connectivity index (χ3v) is 4.99. The van der Waals surface area contributed by atoms with Crippen LogP contribution in [0.3, 0.4) is 0 Å². The molecule has 1 saturated heterocycles. The zero-order valence-corrected chi connectivity index (χ0v) is 14.1. The van der Waals surface area contributed by atoms with Gasteiger partial charge in [-0.3, -0.25) is 0 Å². The van der Waals surface area contributed by atoms with E-state index in [1.165, 1.54) is 16.8 Å². The van der Waals surface area contributed by atoms with Crippen LogP contribution >= 0.6 is 24.0 Å². The Morgan fingerprint density at radius 1 is 1.43 bits per heavy atom. The molecular weight excluding hydrogens is 309 g/mol. The number of carbonyl (C=O) groups is 1. The fraction of sp³-hybridized carbons (Fsp3) is 0.538. The molecule has 1 fully saturated rings. The van der Waals surface area contributed by atoms with Gasteiger partial charge in [0.05, 0.1) is 21.6 Å². The smallest absolute Gasteiger partial charge is 0.476 e. The Bertz CT molecular complexity index is 566. The summed E-state index contributed by atoms with van der Waals surface area (Å²) in [4.78, 5) is 15.5. The second kappa shape index (κ2) is 5.76. The van der Waals surface area contributed by atoms with E-state index in [9.17, 15) is 4.79 Å². The summed E-state index contributed by atoms with van der Waals surface area (Å²) in [6.45, 7) is 7.88. The van der Waals surface area contributed by atoms with E-state index >= 15 is 0 Å². The molecule has 8 heteroatoms. The van der Waals surface area contributed by atoms with Gasteiger partial charge in [-0.25, -0.2) is 9.78 Å². The number of nitrogens with zero attached hydrogens (tertiary/aromatic N) is 1. The van der Waals surface area contributed by atoms with Gasteiger partial charge in [-0.05, 0) is 39.2 Å². The average Bonchev–Trinajstić information content (AvgIpc) is 2.89. The van der Waals surface area contributed by atoms with E-state index in [-0.39, 0.29) is 5.69 Å². The van der Waals surface area contributed by atoms with Crippen LogP contribution in [0.25, 0.3) is 6.08 Å². The van der Waals surface area contributed by atoms with E-state index in [2.05, 4.69) is 17.6 Å². The van der Waals surface area contributed by atoms with Crippen LogP contribution in [-0.4, -0.2) is 40.1 Å². The average molecular weight is 327 g/mol. The molecule has 2 heterocycles. The van der Waals surface area contributed by atoms with Crippen molar-refractivity contribution in [3.05, 3.63) is 21.6 Å². The third-order valence-electron chi connectivity index (χ3n) is 3.85. The number of aromatic nitrogens is 1. The highest BCUT2D eigenvalue weighted by Crippen LogP contribution is 2.39. The summed E-state index contributed by atoms with van der Waals surface area (Å²) in [5, 5.41) is 9.10. The lowest BCUT2D eigenvalue weighted by Crippen LogP contribution is -2.41. The van der Waals surface area contributed by atoms with Crippen LogP contribution in [0.15, 0.2) is 11.0 Å². The highest BCUT2D eigenvalue weighted by molar-refractivity contribution is 7.80. The number of carboxylic acid groups (broad SMARTS) is 1. The minimum atomic E-state index is -1.05. The Kier molecular flexibility index (Phi) is 4.53. The molecule has 0 aromatic carbocycles. The van der Waals surface area contributed by atoms with Crippen LogP contribution < -0.4 is 0 Å². The molecule has 0 aliphatic carbocycles. The Labute approximate surface area is 133 Å². The summed E-state index contributed by atoms with van der Waals surface area (Å²) in [5.41, 5.74) is 1.45. The van der Waals surface area contributed by atoms with Gasteiger partial charge in [0.15, 0.2) is 5.69 Å². The maximum Gasteiger partial charge on any atom is 0.491 e. The van der Waals surface area contributed by atoms with E-state index in [1.54, 1.807) is 6.08 Å². The van der Waals surface area contributed by atoms with Crippen molar-refractivity contribution in [2.75, 3.05) is 5.75 Å². The topological polar surface area (TPSA) is 68.7 Å². The number of aromatic carboxylic acids is 1. The normalized spacial score (nSPS) is 20.8. The van der Waals surface area contributed by atoms with E-state index in [1.807, 2.05) is 27.7 Å². The predicted molar refractivity (Wildman–Crippen MR) is 87.0 cm³/mol. The van der Waals surface area contributed by atoms with Gasteiger partial charge in [0.25, 0.3) is 0 Å². The number of carboxylic acids is 1. The third kappa shape index (κ3) is 3.18. The molecule has 1 N–H and O–H groups in total. The SMILES string of the molecule is CC1(C)OB(C(=Cc2scnc2C(=O)O)CS)OC1(C)C. The molecule has 0 bridgehead atoms. The van der Waals surface area contributed by atoms with Crippen molar-refractivity contribution in [3.8, 4) is 0 Å².